The minimum Gasteiger partial charge on any atom is -0.476 e. The summed E-state index contributed by atoms with van der Waals surface area (Å²) in [6, 6.07) is 0. The SMILES string of the molecule is CCCOc1ncnc(OCCCN(C)C)c1N. The molecule has 0 aliphatic carbocycles. The molecule has 6 nitrogen and oxygen atoms in total. The highest BCUT2D eigenvalue weighted by atomic mass is 16.5. The zero-order valence-electron chi connectivity index (χ0n) is 11.3. The van der Waals surface area contributed by atoms with E-state index in [1.807, 2.05) is 21.0 Å². The van der Waals surface area contributed by atoms with Crippen LogP contribution >= 0.6 is 0 Å². The molecular formula is C12H22N4O2. The second kappa shape index (κ2) is 7.71. The zero-order chi connectivity index (χ0) is 13.4. The summed E-state index contributed by atoms with van der Waals surface area (Å²) in [6.45, 7) is 4.15. The number of hydrogen-bond donors (Lipinski definition) is 1. The van der Waals surface area contributed by atoms with Gasteiger partial charge in [0, 0.05) is 6.54 Å². The Morgan fingerprint density at radius 1 is 1.17 bits per heavy atom. The van der Waals surface area contributed by atoms with Gasteiger partial charge in [-0.25, -0.2) is 0 Å². The van der Waals surface area contributed by atoms with Crippen LogP contribution in [0.3, 0.4) is 0 Å². The Morgan fingerprint density at radius 2 is 1.78 bits per heavy atom. The standard InChI is InChI=1S/C12H22N4O2/c1-4-7-17-11-10(13)12(15-9-14-11)18-8-5-6-16(2)3/h9H,4-8,13H2,1-3H3. The van der Waals surface area contributed by atoms with Gasteiger partial charge in [-0.1, -0.05) is 6.92 Å². The van der Waals surface area contributed by atoms with Gasteiger partial charge in [0.25, 0.3) is 0 Å². The summed E-state index contributed by atoms with van der Waals surface area (Å²) in [5.74, 6) is 0.796. The Bertz CT molecular complexity index is 358. The van der Waals surface area contributed by atoms with Crippen LogP contribution in [0, 0.1) is 0 Å². The van der Waals surface area contributed by atoms with Crippen LogP contribution in [0.1, 0.15) is 19.8 Å². The van der Waals surface area contributed by atoms with Gasteiger partial charge in [-0.2, -0.15) is 9.97 Å². The van der Waals surface area contributed by atoms with Gasteiger partial charge < -0.3 is 20.1 Å². The van der Waals surface area contributed by atoms with Crippen molar-refractivity contribution in [3.63, 3.8) is 0 Å². The molecule has 0 bridgehead atoms. The van der Waals surface area contributed by atoms with E-state index in [0.29, 0.717) is 30.7 Å². The minimum atomic E-state index is 0.371. The number of hydrogen-bond acceptors (Lipinski definition) is 6. The van der Waals surface area contributed by atoms with Crippen molar-refractivity contribution >= 4 is 5.69 Å². The molecule has 0 aliphatic heterocycles. The van der Waals surface area contributed by atoms with E-state index in [-0.39, 0.29) is 0 Å². The number of nitrogens with zero attached hydrogens (tertiary/aromatic N) is 3. The number of nitrogens with two attached hydrogens (primary N) is 1. The molecule has 0 unspecified atom stereocenters. The maximum absolute atomic E-state index is 5.88. The normalized spacial score (nSPS) is 10.7. The molecule has 18 heavy (non-hydrogen) atoms. The highest BCUT2D eigenvalue weighted by Gasteiger charge is 2.10. The predicted molar refractivity (Wildman–Crippen MR) is 70.9 cm³/mol. The van der Waals surface area contributed by atoms with Crippen LogP contribution in [0.5, 0.6) is 11.8 Å². The lowest BCUT2D eigenvalue weighted by Crippen LogP contribution is -2.16. The van der Waals surface area contributed by atoms with Crippen molar-refractivity contribution in [3.05, 3.63) is 6.33 Å². The highest BCUT2D eigenvalue weighted by molar-refractivity contribution is 5.55. The quantitative estimate of drug-likeness (QED) is 0.702. The lowest BCUT2D eigenvalue weighted by molar-refractivity contribution is 0.268. The molecule has 0 amide bonds. The Labute approximate surface area is 108 Å². The summed E-state index contributed by atoms with van der Waals surface area (Å²) in [7, 11) is 4.05. The molecule has 0 saturated carbocycles. The second-order valence-electron chi connectivity index (χ2n) is 4.25. The maximum atomic E-state index is 5.88. The molecular weight excluding hydrogens is 232 g/mol. The highest BCUT2D eigenvalue weighted by Crippen LogP contribution is 2.26. The Morgan fingerprint density at radius 3 is 2.33 bits per heavy atom. The molecule has 0 atom stereocenters. The molecule has 1 aromatic rings. The van der Waals surface area contributed by atoms with Crippen molar-refractivity contribution in [2.75, 3.05) is 39.6 Å². The molecule has 102 valence electrons. The fourth-order valence-corrected chi connectivity index (χ4v) is 1.34. The van der Waals surface area contributed by atoms with Gasteiger partial charge in [0.1, 0.15) is 6.33 Å². The first-order valence-electron chi connectivity index (χ1n) is 6.16. The number of aromatic nitrogens is 2. The fourth-order valence-electron chi connectivity index (χ4n) is 1.34. The maximum Gasteiger partial charge on any atom is 0.244 e. The number of anilines is 1. The number of rotatable bonds is 8. The van der Waals surface area contributed by atoms with Gasteiger partial charge >= 0.3 is 0 Å². The van der Waals surface area contributed by atoms with E-state index in [2.05, 4.69) is 14.9 Å². The van der Waals surface area contributed by atoms with E-state index >= 15 is 0 Å². The predicted octanol–water partition coefficient (Wildman–Crippen LogP) is 1.18. The summed E-state index contributed by atoms with van der Waals surface area (Å²) in [5.41, 5.74) is 6.25. The molecule has 0 aliphatic rings. The molecule has 6 heteroatoms. The van der Waals surface area contributed by atoms with E-state index < -0.39 is 0 Å². The summed E-state index contributed by atoms with van der Waals surface area (Å²) < 4.78 is 10.9. The molecule has 1 aromatic heterocycles. The van der Waals surface area contributed by atoms with Crippen LogP contribution in [0.2, 0.25) is 0 Å². The van der Waals surface area contributed by atoms with E-state index in [0.717, 1.165) is 19.4 Å². The van der Waals surface area contributed by atoms with E-state index in [9.17, 15) is 0 Å². The lowest BCUT2D eigenvalue weighted by atomic mass is 10.4. The topological polar surface area (TPSA) is 73.5 Å². The van der Waals surface area contributed by atoms with Gasteiger partial charge in [-0.3, -0.25) is 0 Å². The minimum absolute atomic E-state index is 0.371. The van der Waals surface area contributed by atoms with Crippen LogP contribution < -0.4 is 15.2 Å². The lowest BCUT2D eigenvalue weighted by Gasteiger charge is -2.12. The molecule has 2 N–H and O–H groups in total. The monoisotopic (exact) mass is 254 g/mol. The molecule has 1 heterocycles. The smallest absolute Gasteiger partial charge is 0.244 e. The fraction of sp³-hybridized carbons (Fsp3) is 0.667. The average Bonchev–Trinajstić information content (AvgIpc) is 2.34. The molecule has 0 fully saturated rings. The third-order valence-electron chi connectivity index (χ3n) is 2.24. The molecule has 0 radical (unpaired) electrons. The Hall–Kier alpha value is -1.56. The van der Waals surface area contributed by atoms with Gasteiger partial charge in [0.05, 0.1) is 13.2 Å². The van der Waals surface area contributed by atoms with E-state index in [4.69, 9.17) is 15.2 Å². The zero-order valence-corrected chi connectivity index (χ0v) is 11.3. The molecule has 0 saturated heterocycles. The summed E-state index contributed by atoms with van der Waals surface area (Å²) >= 11 is 0. The van der Waals surface area contributed by atoms with Gasteiger partial charge in [-0.05, 0) is 26.9 Å². The van der Waals surface area contributed by atoms with Crippen LogP contribution in [0.25, 0.3) is 0 Å². The van der Waals surface area contributed by atoms with E-state index in [1.165, 1.54) is 6.33 Å². The Balaban J connectivity index is 2.49. The van der Waals surface area contributed by atoms with Gasteiger partial charge in [0.15, 0.2) is 5.69 Å². The van der Waals surface area contributed by atoms with Crippen LogP contribution in [0.4, 0.5) is 5.69 Å². The van der Waals surface area contributed by atoms with Crippen LogP contribution in [-0.4, -0.2) is 48.7 Å². The van der Waals surface area contributed by atoms with Crippen molar-refractivity contribution in [1.29, 1.82) is 0 Å². The van der Waals surface area contributed by atoms with Crippen molar-refractivity contribution in [3.8, 4) is 11.8 Å². The van der Waals surface area contributed by atoms with Crippen LogP contribution in [-0.2, 0) is 0 Å². The molecule has 1 rings (SSSR count). The summed E-state index contributed by atoms with van der Waals surface area (Å²) in [4.78, 5) is 10.1. The third kappa shape index (κ3) is 4.75. The Kier molecular flexibility index (Phi) is 6.21. The van der Waals surface area contributed by atoms with Crippen molar-refractivity contribution in [2.24, 2.45) is 0 Å². The van der Waals surface area contributed by atoms with E-state index in [1.54, 1.807) is 0 Å². The summed E-state index contributed by atoms with van der Waals surface area (Å²) in [6.07, 6.45) is 3.23. The first-order chi connectivity index (χ1) is 8.65. The van der Waals surface area contributed by atoms with Crippen molar-refractivity contribution < 1.29 is 9.47 Å². The number of nitrogen functional groups attached to an aromatic ring is 1. The first kappa shape index (κ1) is 14.5. The average molecular weight is 254 g/mol. The second-order valence-corrected chi connectivity index (χ2v) is 4.25. The first-order valence-corrected chi connectivity index (χ1v) is 6.16. The largest absolute Gasteiger partial charge is 0.476 e. The molecule has 0 aromatic carbocycles. The number of ether oxygens (including phenoxy) is 2. The van der Waals surface area contributed by atoms with Gasteiger partial charge in [-0.15, -0.1) is 0 Å². The summed E-state index contributed by atoms with van der Waals surface area (Å²) in [5, 5.41) is 0. The van der Waals surface area contributed by atoms with Crippen molar-refractivity contribution in [1.82, 2.24) is 14.9 Å². The van der Waals surface area contributed by atoms with Crippen molar-refractivity contribution in [2.45, 2.75) is 19.8 Å². The van der Waals surface area contributed by atoms with Crippen LogP contribution in [0.15, 0.2) is 6.33 Å². The third-order valence-corrected chi connectivity index (χ3v) is 2.24. The molecule has 0 spiro atoms. The van der Waals surface area contributed by atoms with Gasteiger partial charge in [0.2, 0.25) is 11.8 Å².